The molecule has 2 fully saturated rings. The molecule has 2 heterocycles. The zero-order chi connectivity index (χ0) is 11.5. The van der Waals surface area contributed by atoms with Crippen LogP contribution in [0.3, 0.4) is 0 Å². The topological polar surface area (TPSA) is 52.6 Å². The van der Waals surface area contributed by atoms with Crippen molar-refractivity contribution in [1.29, 1.82) is 0 Å². The molecule has 4 nitrogen and oxygen atoms in total. The van der Waals surface area contributed by atoms with Gasteiger partial charge in [0.1, 0.15) is 0 Å². The number of hydrogen-bond acceptors (Lipinski definition) is 3. The van der Waals surface area contributed by atoms with Gasteiger partial charge in [0, 0.05) is 38.2 Å². The lowest BCUT2D eigenvalue weighted by molar-refractivity contribution is -0.135. The molecule has 2 saturated heterocycles. The Labute approximate surface area is 97.0 Å². The maximum Gasteiger partial charge on any atom is 0.226 e. The second-order valence-electron chi connectivity index (χ2n) is 5.21. The minimum atomic E-state index is 0.161. The molecule has 1 amide bonds. The summed E-state index contributed by atoms with van der Waals surface area (Å²) in [5.74, 6) is 0.753. The van der Waals surface area contributed by atoms with Gasteiger partial charge < -0.3 is 15.3 Å². The van der Waals surface area contributed by atoms with Gasteiger partial charge in [0.05, 0.1) is 5.92 Å². The first-order valence-corrected chi connectivity index (χ1v) is 6.33. The molecule has 3 unspecified atom stereocenters. The van der Waals surface area contributed by atoms with Crippen LogP contribution in [-0.2, 0) is 4.79 Å². The van der Waals surface area contributed by atoms with Crippen LogP contribution in [0.15, 0.2) is 0 Å². The van der Waals surface area contributed by atoms with E-state index in [1.807, 2.05) is 4.90 Å². The summed E-state index contributed by atoms with van der Waals surface area (Å²) in [5, 5.41) is 12.4. The Bertz CT molecular complexity index is 245. The minimum absolute atomic E-state index is 0.161. The van der Waals surface area contributed by atoms with Gasteiger partial charge in [-0.05, 0) is 26.2 Å². The summed E-state index contributed by atoms with van der Waals surface area (Å²) in [6.45, 7) is 4.78. The lowest BCUT2D eigenvalue weighted by Gasteiger charge is -2.30. The van der Waals surface area contributed by atoms with E-state index in [4.69, 9.17) is 5.11 Å². The molecule has 0 aromatic heterocycles. The summed E-state index contributed by atoms with van der Waals surface area (Å²) < 4.78 is 0. The molecule has 0 aromatic rings. The Morgan fingerprint density at radius 2 is 2.25 bits per heavy atom. The number of amides is 1. The Hall–Kier alpha value is -0.610. The molecule has 92 valence electrons. The summed E-state index contributed by atoms with van der Waals surface area (Å²) in [7, 11) is 0. The lowest BCUT2D eigenvalue weighted by atomic mass is 9.94. The van der Waals surface area contributed by atoms with E-state index in [0.717, 1.165) is 38.9 Å². The van der Waals surface area contributed by atoms with Crippen LogP contribution in [0.5, 0.6) is 0 Å². The molecule has 0 spiro atoms. The van der Waals surface area contributed by atoms with Gasteiger partial charge in [0.15, 0.2) is 0 Å². The van der Waals surface area contributed by atoms with E-state index < -0.39 is 0 Å². The number of aliphatic hydroxyl groups is 1. The van der Waals surface area contributed by atoms with Crippen molar-refractivity contribution >= 4 is 5.91 Å². The summed E-state index contributed by atoms with van der Waals surface area (Å²) in [4.78, 5) is 14.1. The number of likely N-dealkylation sites (tertiary alicyclic amines) is 1. The van der Waals surface area contributed by atoms with Crippen LogP contribution >= 0.6 is 0 Å². The van der Waals surface area contributed by atoms with Crippen molar-refractivity contribution in [1.82, 2.24) is 10.2 Å². The standard InChI is InChI=1S/C12H22N2O2/c1-9-2-3-11(6-13-9)12(16)14-5-4-10(7-14)8-15/h9-11,13,15H,2-8H2,1H3. The van der Waals surface area contributed by atoms with Crippen LogP contribution in [0.2, 0.25) is 0 Å². The normalized spacial score (nSPS) is 35.4. The summed E-state index contributed by atoms with van der Waals surface area (Å²) in [6.07, 6.45) is 3.06. The van der Waals surface area contributed by atoms with Crippen molar-refractivity contribution in [3.8, 4) is 0 Å². The van der Waals surface area contributed by atoms with Crippen molar-refractivity contribution < 1.29 is 9.90 Å². The van der Waals surface area contributed by atoms with Crippen LogP contribution in [0.4, 0.5) is 0 Å². The first-order chi connectivity index (χ1) is 7.70. The molecule has 0 aliphatic carbocycles. The van der Waals surface area contributed by atoms with E-state index in [1.54, 1.807) is 0 Å². The molecule has 0 radical (unpaired) electrons. The SMILES string of the molecule is CC1CCC(C(=O)N2CCC(CO)C2)CN1. The average molecular weight is 226 g/mol. The number of hydrogen-bond donors (Lipinski definition) is 2. The number of nitrogens with zero attached hydrogens (tertiary/aromatic N) is 1. The highest BCUT2D eigenvalue weighted by Crippen LogP contribution is 2.22. The first-order valence-electron chi connectivity index (χ1n) is 6.33. The zero-order valence-corrected chi connectivity index (χ0v) is 9.98. The number of carbonyl (C=O) groups excluding carboxylic acids is 1. The maximum absolute atomic E-state index is 12.2. The fraction of sp³-hybridized carbons (Fsp3) is 0.917. The Morgan fingerprint density at radius 1 is 1.44 bits per heavy atom. The minimum Gasteiger partial charge on any atom is -0.396 e. The second kappa shape index (κ2) is 5.15. The molecule has 0 saturated carbocycles. The van der Waals surface area contributed by atoms with E-state index >= 15 is 0 Å². The van der Waals surface area contributed by atoms with Gasteiger partial charge in [-0.25, -0.2) is 0 Å². The molecule has 4 heteroatoms. The van der Waals surface area contributed by atoms with Crippen LogP contribution in [0.1, 0.15) is 26.2 Å². The maximum atomic E-state index is 12.2. The lowest BCUT2D eigenvalue weighted by Crippen LogP contribution is -2.45. The summed E-state index contributed by atoms with van der Waals surface area (Å²) >= 11 is 0. The third-order valence-corrected chi connectivity index (χ3v) is 3.87. The first kappa shape index (κ1) is 11.9. The van der Waals surface area contributed by atoms with Crippen LogP contribution in [-0.4, -0.2) is 48.2 Å². The fourth-order valence-electron chi connectivity index (χ4n) is 2.65. The van der Waals surface area contributed by atoms with Crippen LogP contribution < -0.4 is 5.32 Å². The highest BCUT2D eigenvalue weighted by molar-refractivity contribution is 5.79. The summed E-state index contributed by atoms with van der Waals surface area (Å²) in [5.41, 5.74) is 0. The molecule has 2 aliphatic rings. The Kier molecular flexibility index (Phi) is 3.82. The number of nitrogens with one attached hydrogen (secondary N) is 1. The van der Waals surface area contributed by atoms with Crippen LogP contribution in [0, 0.1) is 11.8 Å². The Morgan fingerprint density at radius 3 is 2.81 bits per heavy atom. The highest BCUT2D eigenvalue weighted by atomic mass is 16.3. The van der Waals surface area contributed by atoms with Crippen molar-refractivity contribution in [3.05, 3.63) is 0 Å². The molecular formula is C12H22N2O2. The summed E-state index contributed by atoms with van der Waals surface area (Å²) in [6, 6.07) is 0.549. The Balaban J connectivity index is 1.83. The van der Waals surface area contributed by atoms with Gasteiger partial charge in [-0.3, -0.25) is 4.79 Å². The van der Waals surface area contributed by atoms with E-state index in [1.165, 1.54) is 0 Å². The fourth-order valence-corrected chi connectivity index (χ4v) is 2.65. The number of carbonyl (C=O) groups is 1. The molecule has 2 N–H and O–H groups in total. The third kappa shape index (κ3) is 2.55. The van der Waals surface area contributed by atoms with Crippen molar-refractivity contribution in [3.63, 3.8) is 0 Å². The third-order valence-electron chi connectivity index (χ3n) is 3.87. The highest BCUT2D eigenvalue weighted by Gasteiger charge is 2.32. The van der Waals surface area contributed by atoms with Gasteiger partial charge >= 0.3 is 0 Å². The number of piperidine rings is 1. The van der Waals surface area contributed by atoms with E-state index in [2.05, 4.69) is 12.2 Å². The zero-order valence-electron chi connectivity index (χ0n) is 9.98. The van der Waals surface area contributed by atoms with Crippen LogP contribution in [0.25, 0.3) is 0 Å². The molecular weight excluding hydrogens is 204 g/mol. The smallest absolute Gasteiger partial charge is 0.226 e. The van der Waals surface area contributed by atoms with Crippen molar-refractivity contribution in [2.45, 2.75) is 32.2 Å². The number of aliphatic hydroxyl groups excluding tert-OH is 1. The molecule has 2 aliphatic heterocycles. The monoisotopic (exact) mass is 226 g/mol. The number of rotatable bonds is 2. The van der Waals surface area contributed by atoms with Gasteiger partial charge in [-0.15, -0.1) is 0 Å². The van der Waals surface area contributed by atoms with Gasteiger partial charge in [0.25, 0.3) is 0 Å². The van der Waals surface area contributed by atoms with Gasteiger partial charge in [0.2, 0.25) is 5.91 Å². The quantitative estimate of drug-likeness (QED) is 0.708. The van der Waals surface area contributed by atoms with Crippen molar-refractivity contribution in [2.24, 2.45) is 11.8 Å². The van der Waals surface area contributed by atoms with Gasteiger partial charge in [-0.1, -0.05) is 0 Å². The predicted octanol–water partition coefficient (Wildman–Crippen LogP) is 0.215. The molecule has 3 atom stereocenters. The molecule has 0 aromatic carbocycles. The molecule has 16 heavy (non-hydrogen) atoms. The second-order valence-corrected chi connectivity index (χ2v) is 5.21. The average Bonchev–Trinajstić information content (AvgIpc) is 2.77. The van der Waals surface area contributed by atoms with E-state index in [9.17, 15) is 4.79 Å². The molecule has 2 rings (SSSR count). The largest absolute Gasteiger partial charge is 0.396 e. The van der Waals surface area contributed by atoms with E-state index in [0.29, 0.717) is 12.0 Å². The predicted molar refractivity (Wildman–Crippen MR) is 62.0 cm³/mol. The van der Waals surface area contributed by atoms with E-state index in [-0.39, 0.29) is 18.4 Å². The van der Waals surface area contributed by atoms with Gasteiger partial charge in [-0.2, -0.15) is 0 Å². The molecule has 0 bridgehead atoms. The van der Waals surface area contributed by atoms with Crippen molar-refractivity contribution in [2.75, 3.05) is 26.2 Å².